The van der Waals surface area contributed by atoms with Crippen LogP contribution in [-0.4, -0.2) is 84.3 Å². The van der Waals surface area contributed by atoms with E-state index in [1.54, 1.807) is 18.2 Å². The van der Waals surface area contributed by atoms with Gasteiger partial charge in [-0.15, -0.1) is 0 Å². The molecule has 4 heterocycles. The number of pyridine rings is 1. The molecule has 1 aliphatic heterocycles. The minimum Gasteiger partial charge on any atom is -0.368 e. The molecule has 14 nitrogen and oxygen atoms in total. The number of benzene rings is 1. The summed E-state index contributed by atoms with van der Waals surface area (Å²) in [5.41, 5.74) is 2.11. The molecule has 4 aromatic rings. The molecule has 0 radical (unpaired) electrons. The molecule has 5 rings (SSSR count). The van der Waals surface area contributed by atoms with Crippen LogP contribution in [0.25, 0.3) is 10.9 Å². The normalized spacial score (nSPS) is 18.2. The minimum absolute atomic E-state index is 0.0270. The smallest absolute Gasteiger partial charge is 0.270 e. The van der Waals surface area contributed by atoms with Gasteiger partial charge in [0, 0.05) is 49.7 Å². The number of carbonyl (C=O) groups excluding carboxylic acids is 3. The van der Waals surface area contributed by atoms with Crippen molar-refractivity contribution in [1.29, 1.82) is 0 Å². The number of nitrogens with one attached hydrogen (secondary N) is 5. The standard InChI is InChI=1S/C30H36N8O6S/c1-19-28(20(2)44-37-19)45(42,43)38-15-6-5-12-33-29(40)25(16-21-17-34-23-9-4-3-8-22(21)23)36-30(41)24-10-7-11-26(35-24)31-13-14-32-27(39)18-38/h3-4,7-11,17,25,34H,5-6,12-16,18H2,1-2H3,(H,31,35)(H,32,39)(H,33,40)(H,36,41)/t25-/m0/s1. The van der Waals surface area contributed by atoms with E-state index in [9.17, 15) is 22.8 Å². The molecule has 3 aromatic heterocycles. The molecule has 0 saturated heterocycles. The summed E-state index contributed by atoms with van der Waals surface area (Å²) in [6, 6.07) is 11.7. The molecule has 3 amide bonds. The summed E-state index contributed by atoms with van der Waals surface area (Å²) in [5.74, 6) is -0.849. The molecule has 238 valence electrons. The number of hydrogen-bond acceptors (Lipinski definition) is 9. The molecule has 0 aliphatic carbocycles. The Hall–Kier alpha value is -4.76. The van der Waals surface area contributed by atoms with Crippen molar-refractivity contribution < 1.29 is 27.3 Å². The van der Waals surface area contributed by atoms with Gasteiger partial charge in [-0.2, -0.15) is 4.31 Å². The van der Waals surface area contributed by atoms with Gasteiger partial charge < -0.3 is 30.8 Å². The van der Waals surface area contributed by atoms with Crippen LogP contribution in [-0.2, 0) is 26.0 Å². The van der Waals surface area contributed by atoms with Crippen LogP contribution in [0.5, 0.6) is 0 Å². The molecule has 5 N–H and O–H groups in total. The first kappa shape index (κ1) is 31.7. The third kappa shape index (κ3) is 7.49. The van der Waals surface area contributed by atoms with Crippen molar-refractivity contribution in [3.05, 3.63) is 71.4 Å². The fourth-order valence-electron chi connectivity index (χ4n) is 5.23. The van der Waals surface area contributed by atoms with Gasteiger partial charge >= 0.3 is 0 Å². The van der Waals surface area contributed by atoms with Crippen LogP contribution < -0.4 is 21.3 Å². The van der Waals surface area contributed by atoms with Gasteiger partial charge in [0.2, 0.25) is 21.8 Å². The Morgan fingerprint density at radius 3 is 2.56 bits per heavy atom. The van der Waals surface area contributed by atoms with Gasteiger partial charge in [-0.3, -0.25) is 14.4 Å². The van der Waals surface area contributed by atoms with Crippen molar-refractivity contribution in [2.45, 2.75) is 44.0 Å². The van der Waals surface area contributed by atoms with E-state index in [1.165, 1.54) is 13.8 Å². The number of rotatable bonds is 4. The summed E-state index contributed by atoms with van der Waals surface area (Å²) in [6.07, 6.45) is 2.83. The van der Waals surface area contributed by atoms with Crippen LogP contribution in [0, 0.1) is 13.8 Å². The highest BCUT2D eigenvalue weighted by molar-refractivity contribution is 7.89. The third-order valence-corrected chi connectivity index (χ3v) is 9.57. The lowest BCUT2D eigenvalue weighted by Crippen LogP contribution is -2.48. The molecule has 0 unspecified atom stereocenters. The lowest BCUT2D eigenvalue weighted by molar-refractivity contribution is -0.123. The fraction of sp³-hybridized carbons (Fsp3) is 0.367. The zero-order chi connectivity index (χ0) is 32.0. The van der Waals surface area contributed by atoms with Crippen LogP contribution in [0.3, 0.4) is 0 Å². The van der Waals surface area contributed by atoms with Crippen LogP contribution in [0.1, 0.15) is 40.3 Å². The number of sulfonamides is 1. The van der Waals surface area contributed by atoms with Crippen molar-refractivity contribution in [3.63, 3.8) is 0 Å². The SMILES string of the molecule is Cc1noc(C)c1S(=O)(=O)N1CCCCNC(=O)[C@H](Cc2c[nH]c3ccccc23)NC(=O)c2cccc(n2)NCCNC(=O)C1. The minimum atomic E-state index is -4.10. The summed E-state index contributed by atoms with van der Waals surface area (Å²) in [7, 11) is -4.10. The van der Waals surface area contributed by atoms with Gasteiger partial charge in [0.25, 0.3) is 5.91 Å². The summed E-state index contributed by atoms with van der Waals surface area (Å²) in [5, 5.41) is 16.2. The number of anilines is 1. The summed E-state index contributed by atoms with van der Waals surface area (Å²) < 4.78 is 33.3. The Morgan fingerprint density at radius 1 is 0.956 bits per heavy atom. The molecule has 0 fully saturated rings. The van der Waals surface area contributed by atoms with E-state index in [4.69, 9.17) is 4.52 Å². The highest BCUT2D eigenvalue weighted by atomic mass is 32.2. The number of fused-ring (bicyclic) bond motifs is 3. The topological polar surface area (TPSA) is 191 Å². The number of aryl methyl sites for hydroxylation is 2. The Kier molecular flexibility index (Phi) is 9.78. The lowest BCUT2D eigenvalue weighted by atomic mass is 10.0. The molecule has 1 aromatic carbocycles. The first-order valence-corrected chi connectivity index (χ1v) is 16.1. The van der Waals surface area contributed by atoms with Crippen molar-refractivity contribution in [1.82, 2.24) is 35.4 Å². The zero-order valence-corrected chi connectivity index (χ0v) is 25.9. The number of nitrogens with zero attached hydrogens (tertiary/aromatic N) is 3. The quantitative estimate of drug-likeness (QED) is 0.222. The number of H-pyrrole nitrogens is 1. The van der Waals surface area contributed by atoms with Gasteiger partial charge in [0.1, 0.15) is 28.1 Å². The summed E-state index contributed by atoms with van der Waals surface area (Å²) in [4.78, 5) is 47.0. The zero-order valence-electron chi connectivity index (χ0n) is 25.1. The average Bonchev–Trinajstić information content (AvgIpc) is 3.59. The maximum Gasteiger partial charge on any atom is 0.270 e. The average molecular weight is 637 g/mol. The molecular weight excluding hydrogens is 600 g/mol. The van der Waals surface area contributed by atoms with Crippen LogP contribution in [0.4, 0.5) is 5.82 Å². The first-order valence-electron chi connectivity index (χ1n) is 14.7. The van der Waals surface area contributed by atoms with E-state index in [2.05, 4.69) is 36.4 Å². The van der Waals surface area contributed by atoms with Crippen LogP contribution >= 0.6 is 0 Å². The van der Waals surface area contributed by atoms with Gasteiger partial charge in [-0.05, 0) is 50.5 Å². The first-order chi connectivity index (χ1) is 21.6. The number of aromatic amines is 1. The van der Waals surface area contributed by atoms with E-state index >= 15 is 0 Å². The largest absolute Gasteiger partial charge is 0.368 e. The van der Waals surface area contributed by atoms with E-state index in [0.717, 1.165) is 20.8 Å². The second kappa shape index (κ2) is 13.9. The monoisotopic (exact) mass is 636 g/mol. The maximum atomic E-state index is 13.6. The lowest BCUT2D eigenvalue weighted by Gasteiger charge is -2.22. The van der Waals surface area contributed by atoms with Gasteiger partial charge in [-0.1, -0.05) is 29.4 Å². The molecule has 2 bridgehead atoms. The molecule has 1 aliphatic rings. The molecule has 0 spiro atoms. The van der Waals surface area contributed by atoms with Crippen molar-refractivity contribution in [2.75, 3.05) is 38.0 Å². The highest BCUT2D eigenvalue weighted by Gasteiger charge is 2.32. The number of para-hydroxylation sites is 1. The van der Waals surface area contributed by atoms with E-state index in [-0.39, 0.29) is 60.6 Å². The molecule has 0 saturated carbocycles. The van der Waals surface area contributed by atoms with Crippen molar-refractivity contribution in [2.24, 2.45) is 0 Å². The number of carbonyl (C=O) groups is 3. The number of amides is 3. The Bertz CT molecular complexity index is 1780. The molecule has 1 atom stereocenters. The maximum absolute atomic E-state index is 13.6. The second-order valence-electron chi connectivity index (χ2n) is 10.8. The van der Waals surface area contributed by atoms with Gasteiger partial charge in [0.15, 0.2) is 5.76 Å². The Balaban J connectivity index is 1.37. The summed E-state index contributed by atoms with van der Waals surface area (Å²) in [6.45, 7) is 3.34. The molecular formula is C30H36N8O6S. The Labute approximate surface area is 260 Å². The van der Waals surface area contributed by atoms with Crippen LogP contribution in [0.2, 0.25) is 0 Å². The predicted molar refractivity (Wildman–Crippen MR) is 166 cm³/mol. The van der Waals surface area contributed by atoms with Gasteiger partial charge in [-0.25, -0.2) is 13.4 Å². The van der Waals surface area contributed by atoms with E-state index in [1.807, 2.05) is 30.5 Å². The summed E-state index contributed by atoms with van der Waals surface area (Å²) >= 11 is 0. The van der Waals surface area contributed by atoms with Gasteiger partial charge in [0.05, 0.1) is 6.54 Å². The van der Waals surface area contributed by atoms with Crippen molar-refractivity contribution in [3.8, 4) is 0 Å². The molecule has 45 heavy (non-hydrogen) atoms. The predicted octanol–water partition coefficient (Wildman–Crippen LogP) is 1.64. The van der Waals surface area contributed by atoms with Crippen LogP contribution in [0.15, 0.2) is 58.1 Å². The van der Waals surface area contributed by atoms with Crippen molar-refractivity contribution >= 4 is 44.5 Å². The molecule has 15 heteroatoms. The third-order valence-electron chi connectivity index (χ3n) is 7.48. The van der Waals surface area contributed by atoms with E-state index in [0.29, 0.717) is 18.7 Å². The fourth-order valence-corrected chi connectivity index (χ4v) is 6.96. The Morgan fingerprint density at radius 2 is 1.76 bits per heavy atom. The number of hydrogen-bond donors (Lipinski definition) is 5. The highest BCUT2D eigenvalue weighted by Crippen LogP contribution is 2.24. The number of aromatic nitrogens is 3. The van der Waals surface area contributed by atoms with E-state index < -0.39 is 34.4 Å². The second-order valence-corrected chi connectivity index (χ2v) is 12.6.